The highest BCUT2D eigenvalue weighted by Gasteiger charge is 2.13. The molecule has 23 heavy (non-hydrogen) atoms. The minimum absolute atomic E-state index is 0.0856. The van der Waals surface area contributed by atoms with Gasteiger partial charge in [0.15, 0.2) is 0 Å². The van der Waals surface area contributed by atoms with Gasteiger partial charge in [-0.2, -0.15) is 0 Å². The number of anilines is 1. The molecule has 0 saturated carbocycles. The van der Waals surface area contributed by atoms with Crippen LogP contribution in [0.15, 0.2) is 59.0 Å². The molecule has 3 aromatic rings. The van der Waals surface area contributed by atoms with Crippen LogP contribution in [-0.2, 0) is 15.8 Å². The molecule has 0 spiro atoms. The topological polar surface area (TPSA) is 85.1 Å². The van der Waals surface area contributed by atoms with Crippen LogP contribution in [0.5, 0.6) is 0 Å². The number of hydrogen-bond donors (Lipinski definition) is 1. The number of rotatable bonds is 5. The Morgan fingerprint density at radius 2 is 1.83 bits per heavy atom. The molecular weight excluding hydrogens is 314 g/mol. The third-order valence-electron chi connectivity index (χ3n) is 3.11. The highest BCUT2D eigenvalue weighted by molar-refractivity contribution is 7.91. The van der Waals surface area contributed by atoms with Gasteiger partial charge >= 0.3 is 0 Å². The molecule has 0 radical (unpaired) electrons. The number of hydrogen-bond acceptors (Lipinski definition) is 5. The standard InChI is InChI=1S/C16H15N3O3S/c1-12-17-18-16(22-12)14-8-5-9-15(10-14)19-23(20,21)11-13-6-3-2-4-7-13/h2-10,19H,11H2,1H3. The third-order valence-corrected chi connectivity index (χ3v) is 4.37. The van der Waals surface area contributed by atoms with Crippen LogP contribution in [0.25, 0.3) is 11.5 Å². The van der Waals surface area contributed by atoms with Gasteiger partial charge in [-0.1, -0.05) is 36.4 Å². The number of benzene rings is 2. The Morgan fingerprint density at radius 3 is 2.52 bits per heavy atom. The van der Waals surface area contributed by atoms with E-state index in [-0.39, 0.29) is 5.75 Å². The fraction of sp³-hybridized carbons (Fsp3) is 0.125. The molecule has 0 aliphatic carbocycles. The van der Waals surface area contributed by atoms with E-state index in [1.54, 1.807) is 43.3 Å². The van der Waals surface area contributed by atoms with Crippen molar-refractivity contribution >= 4 is 15.7 Å². The van der Waals surface area contributed by atoms with Crippen LogP contribution >= 0.6 is 0 Å². The minimum atomic E-state index is -3.50. The summed E-state index contributed by atoms with van der Waals surface area (Å²) in [6.45, 7) is 1.70. The van der Waals surface area contributed by atoms with Gasteiger partial charge in [0.05, 0.1) is 5.75 Å². The molecule has 0 fully saturated rings. The second-order valence-electron chi connectivity index (χ2n) is 5.05. The van der Waals surface area contributed by atoms with Crippen LogP contribution in [-0.4, -0.2) is 18.6 Å². The first-order valence-corrected chi connectivity index (χ1v) is 8.62. The number of nitrogens with zero attached hydrogens (tertiary/aromatic N) is 2. The van der Waals surface area contributed by atoms with Crippen molar-refractivity contribution in [2.75, 3.05) is 4.72 Å². The lowest BCUT2D eigenvalue weighted by Crippen LogP contribution is -2.15. The summed E-state index contributed by atoms with van der Waals surface area (Å²) >= 11 is 0. The highest BCUT2D eigenvalue weighted by atomic mass is 32.2. The van der Waals surface area contributed by atoms with E-state index >= 15 is 0 Å². The monoisotopic (exact) mass is 329 g/mol. The number of nitrogens with one attached hydrogen (secondary N) is 1. The van der Waals surface area contributed by atoms with Crippen molar-refractivity contribution in [3.63, 3.8) is 0 Å². The van der Waals surface area contributed by atoms with Crippen molar-refractivity contribution < 1.29 is 12.8 Å². The Labute approximate surface area is 134 Å². The van der Waals surface area contributed by atoms with Gasteiger partial charge < -0.3 is 4.42 Å². The molecule has 118 valence electrons. The normalized spacial score (nSPS) is 11.3. The Balaban J connectivity index is 1.80. The molecule has 0 bridgehead atoms. The van der Waals surface area contributed by atoms with E-state index in [4.69, 9.17) is 4.42 Å². The zero-order chi connectivity index (χ0) is 16.3. The van der Waals surface area contributed by atoms with Crippen molar-refractivity contribution in [3.05, 3.63) is 66.1 Å². The molecule has 3 rings (SSSR count). The van der Waals surface area contributed by atoms with E-state index in [0.717, 1.165) is 5.56 Å². The van der Waals surface area contributed by atoms with Gasteiger partial charge in [-0.25, -0.2) is 8.42 Å². The highest BCUT2D eigenvalue weighted by Crippen LogP contribution is 2.22. The number of aromatic nitrogens is 2. The van der Waals surface area contributed by atoms with E-state index in [1.807, 2.05) is 18.2 Å². The SMILES string of the molecule is Cc1nnc(-c2cccc(NS(=O)(=O)Cc3ccccc3)c2)o1. The summed E-state index contributed by atoms with van der Waals surface area (Å²) in [7, 11) is -3.50. The Bertz CT molecular complexity index is 905. The van der Waals surface area contributed by atoms with Crippen LogP contribution in [0, 0.1) is 6.92 Å². The smallest absolute Gasteiger partial charge is 0.247 e. The van der Waals surface area contributed by atoms with Crippen LogP contribution < -0.4 is 4.72 Å². The molecule has 2 aromatic carbocycles. The van der Waals surface area contributed by atoms with Crippen LogP contribution in [0.4, 0.5) is 5.69 Å². The molecule has 0 saturated heterocycles. The Kier molecular flexibility index (Phi) is 4.12. The summed E-state index contributed by atoms with van der Waals surface area (Å²) in [6, 6.07) is 15.9. The molecule has 6 nitrogen and oxygen atoms in total. The summed E-state index contributed by atoms with van der Waals surface area (Å²) in [4.78, 5) is 0. The molecule has 1 N–H and O–H groups in total. The van der Waals surface area contributed by atoms with Crippen molar-refractivity contribution in [3.8, 4) is 11.5 Å². The average Bonchev–Trinajstić information content (AvgIpc) is 2.94. The van der Waals surface area contributed by atoms with Gasteiger partial charge in [-0.05, 0) is 23.8 Å². The molecule has 0 unspecified atom stereocenters. The zero-order valence-electron chi connectivity index (χ0n) is 12.4. The van der Waals surface area contributed by atoms with Gasteiger partial charge in [0.25, 0.3) is 0 Å². The van der Waals surface area contributed by atoms with Crippen molar-refractivity contribution in [1.29, 1.82) is 0 Å². The Morgan fingerprint density at radius 1 is 1.04 bits per heavy atom. The molecule has 7 heteroatoms. The predicted octanol–water partition coefficient (Wildman–Crippen LogP) is 2.99. The quantitative estimate of drug-likeness (QED) is 0.778. The Hall–Kier alpha value is -2.67. The van der Waals surface area contributed by atoms with Gasteiger partial charge in [-0.3, -0.25) is 4.72 Å². The summed E-state index contributed by atoms with van der Waals surface area (Å²) in [5.41, 5.74) is 1.84. The second kappa shape index (κ2) is 6.21. The molecule has 1 heterocycles. The van der Waals surface area contributed by atoms with Crippen molar-refractivity contribution in [2.24, 2.45) is 0 Å². The maximum Gasteiger partial charge on any atom is 0.247 e. The van der Waals surface area contributed by atoms with Gasteiger partial charge in [0.2, 0.25) is 21.8 Å². The zero-order valence-corrected chi connectivity index (χ0v) is 13.2. The van der Waals surface area contributed by atoms with Crippen molar-refractivity contribution in [2.45, 2.75) is 12.7 Å². The fourth-order valence-corrected chi connectivity index (χ4v) is 3.33. The van der Waals surface area contributed by atoms with E-state index < -0.39 is 10.0 Å². The largest absolute Gasteiger partial charge is 0.421 e. The van der Waals surface area contributed by atoms with E-state index in [1.165, 1.54) is 0 Å². The fourth-order valence-electron chi connectivity index (χ4n) is 2.14. The number of sulfonamides is 1. The molecule has 1 aromatic heterocycles. The lowest BCUT2D eigenvalue weighted by Gasteiger charge is -2.08. The van der Waals surface area contributed by atoms with Crippen LogP contribution in [0.3, 0.4) is 0 Å². The maximum atomic E-state index is 12.3. The first-order valence-electron chi connectivity index (χ1n) is 6.97. The molecule has 0 amide bonds. The lowest BCUT2D eigenvalue weighted by atomic mass is 10.2. The summed E-state index contributed by atoms with van der Waals surface area (Å²) in [5.74, 6) is 0.722. The summed E-state index contributed by atoms with van der Waals surface area (Å²) in [5, 5.41) is 7.70. The van der Waals surface area contributed by atoms with Gasteiger partial charge in [-0.15, -0.1) is 10.2 Å². The van der Waals surface area contributed by atoms with Crippen LogP contribution in [0.2, 0.25) is 0 Å². The summed E-state index contributed by atoms with van der Waals surface area (Å²) in [6.07, 6.45) is 0. The third kappa shape index (κ3) is 3.95. The van der Waals surface area contributed by atoms with E-state index in [9.17, 15) is 8.42 Å². The van der Waals surface area contributed by atoms with Crippen LogP contribution in [0.1, 0.15) is 11.5 Å². The van der Waals surface area contributed by atoms with E-state index in [0.29, 0.717) is 23.0 Å². The molecular formula is C16H15N3O3S. The molecule has 0 atom stereocenters. The number of aryl methyl sites for hydroxylation is 1. The average molecular weight is 329 g/mol. The maximum absolute atomic E-state index is 12.3. The first kappa shape index (κ1) is 15.2. The molecule has 0 aliphatic heterocycles. The minimum Gasteiger partial charge on any atom is -0.421 e. The van der Waals surface area contributed by atoms with Crippen molar-refractivity contribution in [1.82, 2.24) is 10.2 Å². The molecule has 0 aliphatic rings. The predicted molar refractivity (Wildman–Crippen MR) is 87.2 cm³/mol. The lowest BCUT2D eigenvalue weighted by molar-refractivity contribution is 0.533. The van der Waals surface area contributed by atoms with E-state index in [2.05, 4.69) is 14.9 Å². The van der Waals surface area contributed by atoms with Gasteiger partial charge in [0, 0.05) is 18.2 Å². The first-order chi connectivity index (χ1) is 11.0. The summed E-state index contributed by atoms with van der Waals surface area (Å²) < 4.78 is 32.4. The van der Waals surface area contributed by atoms with Gasteiger partial charge in [0.1, 0.15) is 0 Å². The second-order valence-corrected chi connectivity index (χ2v) is 6.78.